The molecule has 1 aliphatic rings. The van der Waals surface area contributed by atoms with E-state index in [2.05, 4.69) is 30.8 Å². The van der Waals surface area contributed by atoms with Gasteiger partial charge in [-0.05, 0) is 48.0 Å². The van der Waals surface area contributed by atoms with Gasteiger partial charge in [-0.2, -0.15) is 5.10 Å². The fraction of sp³-hybridized carbons (Fsp3) is 0.308. The third kappa shape index (κ3) is 5.39. The molecule has 0 aliphatic carbocycles. The Hall–Kier alpha value is -3.76. The molecule has 3 aromatic heterocycles. The zero-order valence-corrected chi connectivity index (χ0v) is 19.9. The molecule has 4 heterocycles. The van der Waals surface area contributed by atoms with E-state index < -0.39 is 5.92 Å². The Kier molecular flexibility index (Phi) is 6.71. The molecule has 10 heteroatoms. The summed E-state index contributed by atoms with van der Waals surface area (Å²) in [6, 6.07) is 9.60. The summed E-state index contributed by atoms with van der Waals surface area (Å²) in [6.07, 6.45) is 6.63. The molecule has 0 atom stereocenters. The Bertz CT molecular complexity index is 1380. The predicted molar refractivity (Wildman–Crippen MR) is 134 cm³/mol. The van der Waals surface area contributed by atoms with Crippen LogP contribution in [0.5, 0.6) is 0 Å². The number of aromatic nitrogens is 4. The first-order chi connectivity index (χ1) is 17.4. The number of halogens is 2. The van der Waals surface area contributed by atoms with Crippen LogP contribution in [-0.2, 0) is 13.1 Å². The van der Waals surface area contributed by atoms with E-state index in [1.54, 1.807) is 24.8 Å². The van der Waals surface area contributed by atoms with Crippen molar-refractivity contribution in [2.45, 2.75) is 31.9 Å². The number of anilines is 1. The van der Waals surface area contributed by atoms with Gasteiger partial charge in [0, 0.05) is 68.6 Å². The summed E-state index contributed by atoms with van der Waals surface area (Å²) in [7, 11) is 1.85. The van der Waals surface area contributed by atoms with E-state index in [4.69, 9.17) is 0 Å². The molecule has 1 saturated heterocycles. The first kappa shape index (κ1) is 24.0. The number of aromatic amines is 1. The number of nitrogens with zero attached hydrogens (tertiary/aromatic N) is 4. The molecule has 3 N–H and O–H groups in total. The second kappa shape index (κ2) is 10.1. The predicted octanol–water partition coefficient (Wildman–Crippen LogP) is 4.22. The van der Waals surface area contributed by atoms with Crippen LogP contribution in [0, 0.1) is 0 Å². The summed E-state index contributed by atoms with van der Waals surface area (Å²) < 4.78 is 27.0. The SMILES string of the molecule is CNCc1cncc(NC(=O)c2n[nH]c3ccc(-c4cncc(CN5CCC(F)(F)CC5)c4)cc23)c1. The highest BCUT2D eigenvalue weighted by molar-refractivity contribution is 6.11. The van der Waals surface area contributed by atoms with Crippen molar-refractivity contribution in [3.63, 3.8) is 0 Å². The van der Waals surface area contributed by atoms with Crippen molar-refractivity contribution in [1.82, 2.24) is 30.4 Å². The average molecular weight is 492 g/mol. The van der Waals surface area contributed by atoms with Crippen LogP contribution in [0.3, 0.4) is 0 Å². The number of nitrogens with one attached hydrogen (secondary N) is 3. The van der Waals surface area contributed by atoms with Crippen LogP contribution in [0.25, 0.3) is 22.0 Å². The Morgan fingerprint density at radius 2 is 1.81 bits per heavy atom. The zero-order valence-electron chi connectivity index (χ0n) is 19.9. The van der Waals surface area contributed by atoms with Crippen LogP contribution in [0.2, 0.25) is 0 Å². The van der Waals surface area contributed by atoms with Gasteiger partial charge in [-0.25, -0.2) is 8.78 Å². The number of carbonyl (C=O) groups excluding carboxylic acids is 1. The molecule has 1 aromatic carbocycles. The second-order valence-corrected chi connectivity index (χ2v) is 9.11. The van der Waals surface area contributed by atoms with Gasteiger partial charge in [-0.3, -0.25) is 24.8 Å². The number of hydrogen-bond acceptors (Lipinski definition) is 6. The third-order valence-corrected chi connectivity index (χ3v) is 6.33. The van der Waals surface area contributed by atoms with Crippen molar-refractivity contribution < 1.29 is 13.6 Å². The Labute approximate surface area is 207 Å². The first-order valence-corrected chi connectivity index (χ1v) is 11.8. The normalized spacial score (nSPS) is 15.8. The maximum absolute atomic E-state index is 13.5. The molecule has 186 valence electrons. The number of amides is 1. The van der Waals surface area contributed by atoms with Gasteiger partial charge < -0.3 is 10.6 Å². The number of H-pyrrole nitrogens is 1. The number of benzene rings is 1. The van der Waals surface area contributed by atoms with Crippen LogP contribution in [-0.4, -0.2) is 57.0 Å². The molecular formula is C26H27F2N7O. The summed E-state index contributed by atoms with van der Waals surface area (Å²) in [5.41, 5.74) is 5.29. The first-order valence-electron chi connectivity index (χ1n) is 11.8. The molecule has 0 spiro atoms. The molecule has 1 aliphatic heterocycles. The largest absolute Gasteiger partial charge is 0.319 e. The van der Waals surface area contributed by atoms with Gasteiger partial charge in [0.05, 0.1) is 17.4 Å². The summed E-state index contributed by atoms with van der Waals surface area (Å²) in [4.78, 5) is 23.6. The Balaban J connectivity index is 1.35. The van der Waals surface area contributed by atoms with Crippen LogP contribution < -0.4 is 10.6 Å². The lowest BCUT2D eigenvalue weighted by Gasteiger charge is -2.31. The summed E-state index contributed by atoms with van der Waals surface area (Å²) in [6.45, 7) is 1.94. The molecule has 8 nitrogen and oxygen atoms in total. The van der Waals surface area contributed by atoms with E-state index >= 15 is 0 Å². The third-order valence-electron chi connectivity index (χ3n) is 6.33. The van der Waals surface area contributed by atoms with Crippen molar-refractivity contribution in [2.24, 2.45) is 0 Å². The number of alkyl halides is 2. The molecule has 5 rings (SSSR count). The van der Waals surface area contributed by atoms with Gasteiger partial charge in [0.1, 0.15) is 0 Å². The van der Waals surface area contributed by atoms with Gasteiger partial charge in [0.25, 0.3) is 11.8 Å². The zero-order chi connectivity index (χ0) is 25.1. The minimum absolute atomic E-state index is 0.113. The topological polar surface area (TPSA) is 98.8 Å². The van der Waals surface area contributed by atoms with E-state index in [0.29, 0.717) is 37.3 Å². The van der Waals surface area contributed by atoms with Gasteiger partial charge in [0.2, 0.25) is 0 Å². The standard InChI is InChI=1S/C26H27F2N7O/c1-29-11-17-9-21(15-31-12-17)32-25(36)24-22-10-19(2-3-23(22)33-34-24)20-8-18(13-30-14-20)16-35-6-4-26(27,28)5-7-35/h2-3,8-10,12-15,29H,4-7,11,16H2,1H3,(H,32,36)(H,33,34). The van der Waals surface area contributed by atoms with E-state index in [0.717, 1.165) is 27.8 Å². The maximum atomic E-state index is 13.5. The van der Waals surface area contributed by atoms with Crippen LogP contribution >= 0.6 is 0 Å². The molecule has 1 fully saturated rings. The minimum atomic E-state index is -2.56. The molecule has 0 unspecified atom stereocenters. The van der Waals surface area contributed by atoms with Gasteiger partial charge in [-0.1, -0.05) is 6.07 Å². The lowest BCUT2D eigenvalue weighted by molar-refractivity contribution is -0.0566. The van der Waals surface area contributed by atoms with Crippen LogP contribution in [0.4, 0.5) is 14.5 Å². The molecule has 1 amide bonds. The van der Waals surface area contributed by atoms with E-state index in [9.17, 15) is 13.6 Å². The summed E-state index contributed by atoms with van der Waals surface area (Å²) in [5, 5.41) is 13.8. The number of pyridine rings is 2. The van der Waals surface area contributed by atoms with Crippen molar-refractivity contribution in [2.75, 3.05) is 25.5 Å². The Morgan fingerprint density at radius 1 is 1.03 bits per heavy atom. The average Bonchev–Trinajstić information content (AvgIpc) is 3.30. The van der Waals surface area contributed by atoms with Crippen molar-refractivity contribution in [1.29, 1.82) is 0 Å². The molecular weight excluding hydrogens is 464 g/mol. The molecule has 0 radical (unpaired) electrons. The highest BCUT2D eigenvalue weighted by Gasteiger charge is 2.33. The van der Waals surface area contributed by atoms with Crippen LogP contribution in [0.1, 0.15) is 34.5 Å². The number of hydrogen-bond donors (Lipinski definition) is 3. The van der Waals surface area contributed by atoms with E-state index in [1.807, 2.05) is 42.3 Å². The fourth-order valence-corrected chi connectivity index (χ4v) is 4.44. The second-order valence-electron chi connectivity index (χ2n) is 9.11. The minimum Gasteiger partial charge on any atom is -0.319 e. The van der Waals surface area contributed by atoms with Gasteiger partial charge in [0.15, 0.2) is 5.69 Å². The number of piperidine rings is 1. The maximum Gasteiger partial charge on any atom is 0.276 e. The fourth-order valence-electron chi connectivity index (χ4n) is 4.44. The number of fused-ring (bicyclic) bond motifs is 1. The lowest BCUT2D eigenvalue weighted by Crippen LogP contribution is -2.38. The van der Waals surface area contributed by atoms with E-state index in [1.165, 1.54) is 0 Å². The van der Waals surface area contributed by atoms with Gasteiger partial charge in [-0.15, -0.1) is 0 Å². The molecule has 4 aromatic rings. The van der Waals surface area contributed by atoms with Crippen LogP contribution in [0.15, 0.2) is 55.1 Å². The number of rotatable bonds is 7. The highest BCUT2D eigenvalue weighted by atomic mass is 19.3. The number of likely N-dealkylation sites (tertiary alicyclic amines) is 1. The smallest absolute Gasteiger partial charge is 0.276 e. The van der Waals surface area contributed by atoms with Gasteiger partial charge >= 0.3 is 0 Å². The Morgan fingerprint density at radius 3 is 2.61 bits per heavy atom. The molecule has 0 bridgehead atoms. The van der Waals surface area contributed by atoms with Crippen molar-refractivity contribution in [3.05, 3.63) is 71.9 Å². The molecule has 36 heavy (non-hydrogen) atoms. The summed E-state index contributed by atoms with van der Waals surface area (Å²) >= 11 is 0. The monoisotopic (exact) mass is 491 g/mol. The molecule has 0 saturated carbocycles. The lowest BCUT2D eigenvalue weighted by atomic mass is 10.0. The van der Waals surface area contributed by atoms with Crippen molar-refractivity contribution >= 4 is 22.5 Å². The highest BCUT2D eigenvalue weighted by Crippen LogP contribution is 2.29. The van der Waals surface area contributed by atoms with E-state index in [-0.39, 0.29) is 24.4 Å². The number of carbonyl (C=O) groups is 1. The van der Waals surface area contributed by atoms with Crippen molar-refractivity contribution in [3.8, 4) is 11.1 Å². The quantitative estimate of drug-likeness (QED) is 0.358. The summed E-state index contributed by atoms with van der Waals surface area (Å²) in [5.74, 6) is -2.90.